The highest BCUT2D eigenvalue weighted by Crippen LogP contribution is 2.26. The Kier molecular flexibility index (Phi) is 8.07. The number of benzene rings is 1. The number of aryl methyl sites for hydroxylation is 1. The zero-order valence-electron chi connectivity index (χ0n) is 19.8. The van der Waals surface area contributed by atoms with Crippen molar-refractivity contribution in [3.05, 3.63) is 54.1 Å². The van der Waals surface area contributed by atoms with Crippen LogP contribution in [0.2, 0.25) is 5.02 Å². The standard InChI is InChI=1S/C20H20ClN9O.C2HF3O2/c1-28-7-6-17(26-28)18-16(21)12-22-19(25-18)24-14-2-4-15(5-3-14)30-13-23-20(27-30)29-8-10-31-11-9-29;3-2(4,5)1(6)7/h2-7,12-13H,8-11H2,1H3,(H,22,24,25);(H,6,7). The largest absolute Gasteiger partial charge is 0.490 e. The fourth-order valence-electron chi connectivity index (χ4n) is 3.26. The van der Waals surface area contributed by atoms with Gasteiger partial charge in [0.1, 0.15) is 17.7 Å². The normalized spacial score (nSPS) is 13.6. The minimum atomic E-state index is -5.08. The number of alkyl halides is 3. The maximum atomic E-state index is 10.6. The molecular weight excluding hydrogens is 531 g/mol. The number of halogens is 4. The Bertz CT molecular complexity index is 1390. The van der Waals surface area contributed by atoms with Crippen LogP contribution in [0.15, 0.2) is 49.1 Å². The van der Waals surface area contributed by atoms with Crippen molar-refractivity contribution in [2.24, 2.45) is 7.05 Å². The number of carboxylic acids is 1. The summed E-state index contributed by atoms with van der Waals surface area (Å²) in [5.74, 6) is -1.61. The molecule has 0 bridgehead atoms. The number of nitrogens with one attached hydrogen (secondary N) is 1. The number of hydrogen-bond acceptors (Lipinski definition) is 9. The van der Waals surface area contributed by atoms with Gasteiger partial charge in [-0.3, -0.25) is 4.68 Å². The van der Waals surface area contributed by atoms with Crippen LogP contribution in [0.25, 0.3) is 17.1 Å². The van der Waals surface area contributed by atoms with Crippen molar-refractivity contribution >= 4 is 35.2 Å². The summed E-state index contributed by atoms with van der Waals surface area (Å²) in [6, 6.07) is 9.63. The van der Waals surface area contributed by atoms with Crippen molar-refractivity contribution in [1.82, 2.24) is 34.5 Å². The Labute approximate surface area is 218 Å². The lowest BCUT2D eigenvalue weighted by Gasteiger charge is -2.25. The zero-order valence-corrected chi connectivity index (χ0v) is 20.6. The van der Waals surface area contributed by atoms with Gasteiger partial charge in [0.05, 0.1) is 30.1 Å². The summed E-state index contributed by atoms with van der Waals surface area (Å²) in [5, 5.41) is 19.7. The molecule has 2 N–H and O–H groups in total. The van der Waals surface area contributed by atoms with Crippen LogP contribution in [-0.2, 0) is 16.6 Å². The van der Waals surface area contributed by atoms with Gasteiger partial charge < -0.3 is 20.1 Å². The van der Waals surface area contributed by atoms with Crippen LogP contribution in [0.5, 0.6) is 0 Å². The van der Waals surface area contributed by atoms with E-state index in [9.17, 15) is 13.2 Å². The van der Waals surface area contributed by atoms with E-state index in [0.717, 1.165) is 24.5 Å². The van der Waals surface area contributed by atoms with Gasteiger partial charge in [0.15, 0.2) is 0 Å². The van der Waals surface area contributed by atoms with E-state index >= 15 is 0 Å². The molecule has 4 aromatic rings. The van der Waals surface area contributed by atoms with E-state index < -0.39 is 12.1 Å². The molecule has 0 saturated carbocycles. The van der Waals surface area contributed by atoms with E-state index in [1.807, 2.05) is 43.6 Å². The molecule has 0 unspecified atom stereocenters. The topological polar surface area (TPSA) is 136 Å². The van der Waals surface area contributed by atoms with Crippen LogP contribution in [0.1, 0.15) is 0 Å². The molecule has 38 heavy (non-hydrogen) atoms. The highest BCUT2D eigenvalue weighted by Gasteiger charge is 2.38. The maximum absolute atomic E-state index is 10.6. The molecule has 1 fully saturated rings. The lowest BCUT2D eigenvalue weighted by molar-refractivity contribution is -0.192. The summed E-state index contributed by atoms with van der Waals surface area (Å²) in [4.78, 5) is 24.2. The minimum Gasteiger partial charge on any atom is -0.475 e. The molecule has 1 aromatic carbocycles. The van der Waals surface area contributed by atoms with Crippen LogP contribution >= 0.6 is 11.6 Å². The molecule has 16 heteroatoms. The number of ether oxygens (including phenoxy) is 1. The molecule has 0 spiro atoms. The number of carbonyl (C=O) groups is 1. The predicted octanol–water partition coefficient (Wildman–Crippen LogP) is 3.32. The van der Waals surface area contributed by atoms with Crippen LogP contribution in [0.4, 0.5) is 30.8 Å². The predicted molar refractivity (Wildman–Crippen MR) is 131 cm³/mol. The van der Waals surface area contributed by atoms with E-state index in [-0.39, 0.29) is 0 Å². The van der Waals surface area contributed by atoms with Crippen molar-refractivity contribution in [3.63, 3.8) is 0 Å². The quantitative estimate of drug-likeness (QED) is 0.380. The van der Waals surface area contributed by atoms with Crippen LogP contribution < -0.4 is 10.2 Å². The molecule has 0 aliphatic carbocycles. The molecular formula is C22H21ClF3N9O3. The lowest BCUT2D eigenvalue weighted by Crippen LogP contribution is -2.37. The summed E-state index contributed by atoms with van der Waals surface area (Å²) in [6.45, 7) is 3.00. The van der Waals surface area contributed by atoms with Crippen LogP contribution in [0.3, 0.4) is 0 Å². The molecule has 1 aliphatic rings. The van der Waals surface area contributed by atoms with Crippen LogP contribution in [0, 0.1) is 0 Å². The van der Waals surface area contributed by atoms with Crippen molar-refractivity contribution in [2.45, 2.75) is 6.18 Å². The Morgan fingerprint density at radius 1 is 1.11 bits per heavy atom. The molecule has 0 atom stereocenters. The lowest BCUT2D eigenvalue weighted by atomic mass is 10.3. The molecule has 5 rings (SSSR count). The van der Waals surface area contributed by atoms with Crippen molar-refractivity contribution in [2.75, 3.05) is 36.5 Å². The summed E-state index contributed by atoms with van der Waals surface area (Å²) in [7, 11) is 1.85. The number of rotatable bonds is 5. The fourth-order valence-corrected chi connectivity index (χ4v) is 3.45. The van der Waals surface area contributed by atoms with Crippen molar-refractivity contribution in [1.29, 1.82) is 0 Å². The summed E-state index contributed by atoms with van der Waals surface area (Å²) >= 11 is 6.26. The van der Waals surface area contributed by atoms with Gasteiger partial charge in [0.2, 0.25) is 11.9 Å². The minimum absolute atomic E-state index is 0.438. The number of morpholine rings is 1. The monoisotopic (exact) mass is 551 g/mol. The molecule has 3 aromatic heterocycles. The summed E-state index contributed by atoms with van der Waals surface area (Å²) in [6.07, 6.45) is 0.0424. The summed E-state index contributed by atoms with van der Waals surface area (Å²) < 4.78 is 40.6. The molecule has 0 radical (unpaired) electrons. The van der Waals surface area contributed by atoms with Crippen LogP contribution in [-0.4, -0.2) is 78.1 Å². The fraction of sp³-hybridized carbons (Fsp3) is 0.273. The number of aliphatic carboxylic acids is 1. The first-order valence-corrected chi connectivity index (χ1v) is 11.4. The number of nitrogens with zero attached hydrogens (tertiary/aromatic N) is 8. The van der Waals surface area contributed by atoms with E-state index in [2.05, 4.69) is 35.4 Å². The number of aromatic nitrogens is 7. The summed E-state index contributed by atoms with van der Waals surface area (Å²) in [5.41, 5.74) is 3.01. The second-order valence-electron chi connectivity index (χ2n) is 7.83. The molecule has 1 saturated heterocycles. The van der Waals surface area contributed by atoms with Gasteiger partial charge in [0, 0.05) is 32.0 Å². The SMILES string of the molecule is Cn1ccc(-c2nc(Nc3ccc(-n4cnc(N5CCOCC5)n4)cc3)ncc2Cl)n1.O=C(O)C(F)(F)F. The smallest absolute Gasteiger partial charge is 0.475 e. The van der Waals surface area contributed by atoms with Crippen molar-refractivity contribution in [3.8, 4) is 17.1 Å². The molecule has 1 aliphatic heterocycles. The Morgan fingerprint density at radius 2 is 1.79 bits per heavy atom. The maximum Gasteiger partial charge on any atom is 0.490 e. The second-order valence-corrected chi connectivity index (χ2v) is 8.24. The van der Waals surface area contributed by atoms with E-state index in [4.69, 9.17) is 26.2 Å². The zero-order chi connectivity index (χ0) is 27.3. The van der Waals surface area contributed by atoms with Crippen molar-refractivity contribution < 1.29 is 27.8 Å². The molecule has 12 nitrogen and oxygen atoms in total. The first-order chi connectivity index (χ1) is 18.1. The molecule has 0 amide bonds. The van der Waals surface area contributed by atoms with Gasteiger partial charge in [-0.1, -0.05) is 11.6 Å². The number of carboxylic acid groups (broad SMARTS) is 1. The van der Waals surface area contributed by atoms with E-state index in [1.165, 1.54) is 0 Å². The van der Waals surface area contributed by atoms with Gasteiger partial charge >= 0.3 is 12.1 Å². The number of hydrogen-bond donors (Lipinski definition) is 2. The average Bonchev–Trinajstić information content (AvgIpc) is 3.56. The van der Waals surface area contributed by atoms with E-state index in [0.29, 0.717) is 41.5 Å². The first kappa shape index (κ1) is 26.8. The molecule has 200 valence electrons. The van der Waals surface area contributed by atoms with E-state index in [1.54, 1.807) is 21.9 Å². The van der Waals surface area contributed by atoms with Gasteiger partial charge in [-0.05, 0) is 30.3 Å². The van der Waals surface area contributed by atoms with Gasteiger partial charge in [-0.2, -0.15) is 23.3 Å². The molecule has 4 heterocycles. The van der Waals surface area contributed by atoms with Gasteiger partial charge in [-0.25, -0.2) is 19.4 Å². The third-order valence-corrected chi connectivity index (χ3v) is 5.38. The third-order valence-electron chi connectivity index (χ3n) is 5.10. The second kappa shape index (κ2) is 11.4. The highest BCUT2D eigenvalue weighted by molar-refractivity contribution is 6.32. The Hall–Kier alpha value is -4.24. The Balaban J connectivity index is 0.000000426. The van der Waals surface area contributed by atoms with Gasteiger partial charge in [0.25, 0.3) is 0 Å². The number of anilines is 3. The third kappa shape index (κ3) is 6.74. The van der Waals surface area contributed by atoms with Gasteiger partial charge in [-0.15, -0.1) is 5.10 Å². The Morgan fingerprint density at radius 3 is 2.39 bits per heavy atom. The first-order valence-electron chi connectivity index (χ1n) is 11.0. The average molecular weight is 552 g/mol. The highest BCUT2D eigenvalue weighted by atomic mass is 35.5.